The van der Waals surface area contributed by atoms with Crippen molar-refractivity contribution in [2.24, 2.45) is 0 Å². The summed E-state index contributed by atoms with van der Waals surface area (Å²) in [6, 6.07) is 12.7. The molecule has 0 spiro atoms. The standard InChI is InChI=1S/C19H20ClNO3S/c1-13-3-5-14(6-4-13)12-21(16-8-9-16)19(22)15-7-10-17(20)18(11-15)25(2,23)24/h3-7,10-11,16H,8-9,12H2,1-2H3. The number of hydrogen-bond donors (Lipinski definition) is 0. The lowest BCUT2D eigenvalue weighted by atomic mass is 10.1. The molecular formula is C19H20ClNO3S. The van der Waals surface area contributed by atoms with Gasteiger partial charge >= 0.3 is 0 Å². The van der Waals surface area contributed by atoms with Crippen LogP contribution in [0, 0.1) is 6.92 Å². The number of aryl methyl sites for hydroxylation is 1. The summed E-state index contributed by atoms with van der Waals surface area (Å²) in [7, 11) is -3.49. The first-order chi connectivity index (χ1) is 11.8. The van der Waals surface area contributed by atoms with Crippen molar-refractivity contribution in [1.82, 2.24) is 4.90 Å². The van der Waals surface area contributed by atoms with E-state index in [1.165, 1.54) is 17.7 Å². The van der Waals surface area contributed by atoms with Gasteiger partial charge in [0.15, 0.2) is 9.84 Å². The molecule has 1 saturated carbocycles. The summed E-state index contributed by atoms with van der Waals surface area (Å²) in [4.78, 5) is 14.8. The number of benzene rings is 2. The molecule has 1 fully saturated rings. The fourth-order valence-electron chi connectivity index (χ4n) is 2.73. The van der Waals surface area contributed by atoms with Gasteiger partial charge in [-0.15, -0.1) is 0 Å². The van der Waals surface area contributed by atoms with Crippen LogP contribution >= 0.6 is 11.6 Å². The fraction of sp³-hybridized carbons (Fsp3) is 0.316. The molecule has 25 heavy (non-hydrogen) atoms. The third-order valence-corrected chi connectivity index (χ3v) is 5.88. The van der Waals surface area contributed by atoms with E-state index in [1.54, 1.807) is 6.07 Å². The van der Waals surface area contributed by atoms with Crippen molar-refractivity contribution < 1.29 is 13.2 Å². The van der Waals surface area contributed by atoms with Crippen LogP contribution in [-0.2, 0) is 16.4 Å². The Labute approximate surface area is 153 Å². The van der Waals surface area contributed by atoms with Crippen molar-refractivity contribution in [2.45, 2.75) is 37.2 Å². The zero-order valence-corrected chi connectivity index (χ0v) is 15.8. The van der Waals surface area contributed by atoms with Gasteiger partial charge in [0.25, 0.3) is 5.91 Å². The van der Waals surface area contributed by atoms with Gasteiger partial charge in [-0.2, -0.15) is 0 Å². The number of halogens is 1. The second-order valence-electron chi connectivity index (χ2n) is 6.57. The Balaban J connectivity index is 1.90. The molecule has 0 saturated heterocycles. The SMILES string of the molecule is Cc1ccc(CN(C(=O)c2ccc(Cl)c(S(C)(=O)=O)c2)C2CC2)cc1. The van der Waals surface area contributed by atoms with E-state index < -0.39 is 9.84 Å². The van der Waals surface area contributed by atoms with Gasteiger partial charge in [0.1, 0.15) is 0 Å². The molecule has 0 radical (unpaired) electrons. The van der Waals surface area contributed by atoms with E-state index in [0.717, 1.165) is 24.7 Å². The van der Waals surface area contributed by atoms with E-state index in [-0.39, 0.29) is 21.9 Å². The Hall–Kier alpha value is -1.85. The molecule has 0 N–H and O–H groups in total. The summed E-state index contributed by atoms with van der Waals surface area (Å²) < 4.78 is 23.7. The molecule has 3 rings (SSSR count). The molecule has 1 amide bonds. The average molecular weight is 378 g/mol. The quantitative estimate of drug-likeness (QED) is 0.795. The molecule has 2 aromatic carbocycles. The first kappa shape index (κ1) is 18.0. The van der Waals surface area contributed by atoms with E-state index in [1.807, 2.05) is 36.1 Å². The normalized spacial score (nSPS) is 14.4. The molecule has 132 valence electrons. The van der Waals surface area contributed by atoms with Crippen molar-refractivity contribution in [3.05, 3.63) is 64.2 Å². The van der Waals surface area contributed by atoms with Gasteiger partial charge < -0.3 is 4.90 Å². The summed E-state index contributed by atoms with van der Waals surface area (Å²) in [5.74, 6) is -0.162. The minimum absolute atomic E-state index is 0.00824. The smallest absolute Gasteiger partial charge is 0.254 e. The first-order valence-electron chi connectivity index (χ1n) is 8.12. The summed E-state index contributed by atoms with van der Waals surface area (Å²) in [6.07, 6.45) is 3.04. The Morgan fingerprint density at radius 2 is 1.80 bits per heavy atom. The Morgan fingerprint density at radius 3 is 2.36 bits per heavy atom. The summed E-state index contributed by atoms with van der Waals surface area (Å²) in [6.45, 7) is 2.54. The summed E-state index contributed by atoms with van der Waals surface area (Å²) in [5, 5.41) is 0.135. The Morgan fingerprint density at radius 1 is 1.16 bits per heavy atom. The van der Waals surface area contributed by atoms with Gasteiger partial charge in [0.2, 0.25) is 0 Å². The van der Waals surface area contributed by atoms with E-state index >= 15 is 0 Å². The lowest BCUT2D eigenvalue weighted by molar-refractivity contribution is 0.0729. The molecule has 6 heteroatoms. The lowest BCUT2D eigenvalue weighted by Gasteiger charge is -2.23. The fourth-order valence-corrected chi connectivity index (χ4v) is 4.03. The number of carbonyl (C=O) groups excluding carboxylic acids is 1. The maximum atomic E-state index is 13.0. The van der Waals surface area contributed by atoms with Gasteiger partial charge in [-0.1, -0.05) is 41.4 Å². The predicted octanol–water partition coefficient (Wildman–Crippen LogP) is 3.86. The van der Waals surface area contributed by atoms with Crippen LogP contribution in [0.15, 0.2) is 47.4 Å². The third-order valence-electron chi connectivity index (χ3n) is 4.30. The molecule has 0 aromatic heterocycles. The van der Waals surface area contributed by atoms with E-state index in [9.17, 15) is 13.2 Å². The highest BCUT2D eigenvalue weighted by atomic mass is 35.5. The van der Waals surface area contributed by atoms with E-state index in [0.29, 0.717) is 12.1 Å². The second kappa shape index (κ2) is 6.81. The minimum atomic E-state index is -3.49. The second-order valence-corrected chi connectivity index (χ2v) is 8.96. The molecule has 1 aliphatic rings. The molecule has 0 unspecified atom stereocenters. The number of hydrogen-bond acceptors (Lipinski definition) is 3. The molecule has 2 aromatic rings. The maximum absolute atomic E-state index is 13.0. The average Bonchev–Trinajstić information content (AvgIpc) is 3.38. The third kappa shape index (κ3) is 4.22. The van der Waals surface area contributed by atoms with Gasteiger partial charge in [-0.05, 0) is 43.5 Å². The van der Waals surface area contributed by atoms with Crippen LogP contribution in [0.25, 0.3) is 0 Å². The molecular weight excluding hydrogens is 358 g/mol. The van der Waals surface area contributed by atoms with Crippen molar-refractivity contribution in [2.75, 3.05) is 6.26 Å². The van der Waals surface area contributed by atoms with E-state index in [2.05, 4.69) is 0 Å². The highest BCUT2D eigenvalue weighted by Crippen LogP contribution is 2.31. The van der Waals surface area contributed by atoms with Crippen molar-refractivity contribution in [1.29, 1.82) is 0 Å². The summed E-state index contributed by atoms with van der Waals surface area (Å²) in [5.41, 5.74) is 2.58. The maximum Gasteiger partial charge on any atom is 0.254 e. The van der Waals surface area contributed by atoms with Gasteiger partial charge in [-0.3, -0.25) is 4.79 Å². The zero-order valence-electron chi connectivity index (χ0n) is 14.2. The van der Waals surface area contributed by atoms with Gasteiger partial charge in [0, 0.05) is 24.4 Å². The molecule has 4 nitrogen and oxygen atoms in total. The first-order valence-corrected chi connectivity index (χ1v) is 10.4. The molecule has 1 aliphatic carbocycles. The molecule has 0 bridgehead atoms. The minimum Gasteiger partial charge on any atom is -0.331 e. The number of carbonyl (C=O) groups is 1. The summed E-state index contributed by atoms with van der Waals surface area (Å²) >= 11 is 5.98. The number of sulfone groups is 1. The van der Waals surface area contributed by atoms with Gasteiger partial charge in [-0.25, -0.2) is 8.42 Å². The van der Waals surface area contributed by atoms with Crippen molar-refractivity contribution >= 4 is 27.3 Å². The predicted molar refractivity (Wildman–Crippen MR) is 98.6 cm³/mol. The molecule has 0 heterocycles. The highest BCUT2D eigenvalue weighted by molar-refractivity contribution is 7.90. The van der Waals surface area contributed by atoms with Crippen LogP contribution in [0.5, 0.6) is 0 Å². The number of amides is 1. The van der Waals surface area contributed by atoms with Crippen molar-refractivity contribution in [3.8, 4) is 0 Å². The molecule has 0 atom stereocenters. The topological polar surface area (TPSA) is 54.5 Å². The largest absolute Gasteiger partial charge is 0.331 e. The van der Waals surface area contributed by atoms with Crippen LogP contribution in [-0.4, -0.2) is 31.5 Å². The van der Waals surface area contributed by atoms with Crippen LogP contribution < -0.4 is 0 Å². The molecule has 0 aliphatic heterocycles. The Bertz CT molecular complexity index is 903. The Kier molecular flexibility index (Phi) is 4.89. The highest BCUT2D eigenvalue weighted by Gasteiger charge is 2.33. The number of rotatable bonds is 5. The van der Waals surface area contributed by atoms with Crippen LogP contribution in [0.3, 0.4) is 0 Å². The van der Waals surface area contributed by atoms with Gasteiger partial charge in [0.05, 0.1) is 9.92 Å². The van der Waals surface area contributed by atoms with Crippen LogP contribution in [0.1, 0.15) is 34.3 Å². The zero-order chi connectivity index (χ0) is 18.2. The van der Waals surface area contributed by atoms with Crippen molar-refractivity contribution in [3.63, 3.8) is 0 Å². The lowest BCUT2D eigenvalue weighted by Crippen LogP contribution is -2.32. The van der Waals surface area contributed by atoms with E-state index in [4.69, 9.17) is 11.6 Å². The number of nitrogens with zero attached hydrogens (tertiary/aromatic N) is 1. The monoisotopic (exact) mass is 377 g/mol. The van der Waals surface area contributed by atoms with Crippen LogP contribution in [0.4, 0.5) is 0 Å². The van der Waals surface area contributed by atoms with Crippen LogP contribution in [0.2, 0.25) is 5.02 Å².